The third-order valence-corrected chi connectivity index (χ3v) is 5.55. The number of hydrogen-bond acceptors (Lipinski definition) is 7. The molecule has 7 nitrogen and oxygen atoms in total. The molecule has 10 heteroatoms. The Labute approximate surface area is 168 Å². The van der Waals surface area contributed by atoms with Gasteiger partial charge in [-0.2, -0.15) is 0 Å². The van der Waals surface area contributed by atoms with Crippen LogP contribution in [-0.4, -0.2) is 34.3 Å². The van der Waals surface area contributed by atoms with Crippen LogP contribution in [0.3, 0.4) is 0 Å². The number of amides is 1. The third-order valence-electron chi connectivity index (χ3n) is 3.57. The van der Waals surface area contributed by atoms with Gasteiger partial charge in [-0.1, -0.05) is 23.7 Å². The number of nitrogens with one attached hydrogen (secondary N) is 1. The summed E-state index contributed by atoms with van der Waals surface area (Å²) in [5.41, 5.74) is 1.22. The largest absolute Gasteiger partial charge is 0.301 e. The number of hydrogen-bond donors (Lipinski definition) is 1. The molecule has 0 atom stereocenters. The minimum Gasteiger partial charge on any atom is -0.301 e. The first-order valence-electron chi connectivity index (χ1n) is 7.83. The lowest BCUT2D eigenvalue weighted by molar-refractivity contribution is -0.384. The fourth-order valence-corrected chi connectivity index (χ4v) is 4.31. The van der Waals surface area contributed by atoms with E-state index in [9.17, 15) is 14.9 Å². The van der Waals surface area contributed by atoms with Crippen LogP contribution in [0, 0.1) is 10.1 Å². The van der Waals surface area contributed by atoms with Crippen LogP contribution < -0.4 is 5.32 Å². The number of benzene rings is 1. The smallest absolute Gasteiger partial charge is 0.270 e. The Morgan fingerprint density at radius 2 is 2.19 bits per heavy atom. The number of non-ortho nitro benzene ring substituents is 1. The fraction of sp³-hybridized carbons (Fsp3) is 0.176. The molecule has 1 aromatic carbocycles. The summed E-state index contributed by atoms with van der Waals surface area (Å²) >= 11 is 8.67. The van der Waals surface area contributed by atoms with Crippen molar-refractivity contribution in [1.29, 1.82) is 0 Å². The zero-order chi connectivity index (χ0) is 19.4. The lowest BCUT2D eigenvalue weighted by Gasteiger charge is -2.14. The highest BCUT2D eigenvalue weighted by atomic mass is 35.5. The number of carbonyl (C=O) groups is 1. The van der Waals surface area contributed by atoms with Gasteiger partial charge in [-0.05, 0) is 19.2 Å². The molecule has 0 fully saturated rings. The molecule has 3 aromatic rings. The maximum Gasteiger partial charge on any atom is 0.270 e. The van der Waals surface area contributed by atoms with E-state index in [-0.39, 0.29) is 18.1 Å². The summed E-state index contributed by atoms with van der Waals surface area (Å²) in [6, 6.07) is 10.0. The van der Waals surface area contributed by atoms with Gasteiger partial charge in [0.05, 0.1) is 21.5 Å². The molecule has 27 heavy (non-hydrogen) atoms. The number of rotatable bonds is 7. The van der Waals surface area contributed by atoms with Gasteiger partial charge in [0.1, 0.15) is 0 Å². The van der Waals surface area contributed by atoms with Crippen molar-refractivity contribution in [1.82, 2.24) is 9.88 Å². The molecular weight excluding hydrogens is 408 g/mol. The first-order valence-corrected chi connectivity index (χ1v) is 9.91. The maximum atomic E-state index is 12.2. The van der Waals surface area contributed by atoms with E-state index < -0.39 is 4.92 Å². The quantitative estimate of drug-likeness (QED) is 0.447. The first-order chi connectivity index (χ1) is 12.9. The highest BCUT2D eigenvalue weighted by Gasteiger charge is 2.13. The van der Waals surface area contributed by atoms with Gasteiger partial charge in [0.25, 0.3) is 5.69 Å². The molecule has 2 heterocycles. The normalized spacial score (nSPS) is 10.9. The molecule has 0 radical (unpaired) electrons. The van der Waals surface area contributed by atoms with Crippen LogP contribution >= 0.6 is 34.3 Å². The lowest BCUT2D eigenvalue weighted by atomic mass is 10.1. The molecule has 1 amide bonds. The number of thiazole rings is 1. The van der Waals surface area contributed by atoms with Crippen molar-refractivity contribution in [2.45, 2.75) is 6.54 Å². The number of nitrogens with zero attached hydrogens (tertiary/aromatic N) is 3. The molecule has 0 saturated heterocycles. The summed E-state index contributed by atoms with van der Waals surface area (Å²) in [6.45, 7) is 0.836. The summed E-state index contributed by atoms with van der Waals surface area (Å²) in [5.74, 6) is -0.180. The Morgan fingerprint density at radius 1 is 1.37 bits per heavy atom. The van der Waals surface area contributed by atoms with Crippen molar-refractivity contribution in [2.75, 3.05) is 18.9 Å². The van der Waals surface area contributed by atoms with Crippen LogP contribution in [0.1, 0.15) is 4.88 Å². The number of halogens is 1. The average Bonchev–Trinajstić information content (AvgIpc) is 3.23. The van der Waals surface area contributed by atoms with Crippen molar-refractivity contribution in [3.8, 4) is 11.3 Å². The highest BCUT2D eigenvalue weighted by Crippen LogP contribution is 2.27. The minimum absolute atomic E-state index is 0.00129. The van der Waals surface area contributed by atoms with Gasteiger partial charge in [-0.25, -0.2) is 4.98 Å². The second-order valence-electron chi connectivity index (χ2n) is 5.77. The molecule has 0 saturated carbocycles. The van der Waals surface area contributed by atoms with Gasteiger partial charge in [0.15, 0.2) is 5.13 Å². The van der Waals surface area contributed by atoms with E-state index in [0.29, 0.717) is 22.9 Å². The monoisotopic (exact) mass is 422 g/mol. The van der Waals surface area contributed by atoms with E-state index in [4.69, 9.17) is 11.6 Å². The van der Waals surface area contributed by atoms with Gasteiger partial charge >= 0.3 is 0 Å². The van der Waals surface area contributed by atoms with Crippen LogP contribution in [0.25, 0.3) is 11.3 Å². The fourth-order valence-electron chi connectivity index (χ4n) is 2.41. The molecule has 0 unspecified atom stereocenters. The van der Waals surface area contributed by atoms with Crippen LogP contribution in [-0.2, 0) is 11.3 Å². The van der Waals surface area contributed by atoms with Crippen LogP contribution in [0.4, 0.5) is 10.8 Å². The maximum absolute atomic E-state index is 12.2. The van der Waals surface area contributed by atoms with Gasteiger partial charge in [0, 0.05) is 34.5 Å². The van der Waals surface area contributed by atoms with E-state index in [0.717, 1.165) is 9.21 Å². The van der Waals surface area contributed by atoms with Crippen molar-refractivity contribution in [3.63, 3.8) is 0 Å². The number of thiophene rings is 1. The van der Waals surface area contributed by atoms with Crippen molar-refractivity contribution < 1.29 is 9.72 Å². The number of anilines is 1. The summed E-state index contributed by atoms with van der Waals surface area (Å²) < 4.78 is 0.722. The Hall–Kier alpha value is -2.33. The molecule has 140 valence electrons. The van der Waals surface area contributed by atoms with E-state index in [1.165, 1.54) is 34.8 Å². The number of likely N-dealkylation sites (N-methyl/N-ethyl adjacent to an activating group) is 1. The molecule has 3 rings (SSSR count). The van der Waals surface area contributed by atoms with Crippen LogP contribution in [0.2, 0.25) is 4.34 Å². The molecule has 0 aliphatic rings. The number of carbonyl (C=O) groups excluding carboxylic acids is 1. The molecule has 0 bridgehead atoms. The molecule has 1 N–H and O–H groups in total. The predicted molar refractivity (Wildman–Crippen MR) is 108 cm³/mol. The SMILES string of the molecule is CN(CC(=O)Nc1nc(-c2cccc([N+](=O)[O-])c2)cs1)Cc1ccc(Cl)s1. The summed E-state index contributed by atoms with van der Waals surface area (Å²) in [7, 11) is 1.85. The van der Waals surface area contributed by atoms with E-state index in [1.54, 1.807) is 17.5 Å². The van der Waals surface area contributed by atoms with E-state index in [2.05, 4.69) is 10.3 Å². The average molecular weight is 423 g/mol. The zero-order valence-corrected chi connectivity index (χ0v) is 16.6. The topological polar surface area (TPSA) is 88.4 Å². The third kappa shape index (κ3) is 5.33. The highest BCUT2D eigenvalue weighted by molar-refractivity contribution is 7.16. The van der Waals surface area contributed by atoms with E-state index in [1.807, 2.05) is 24.1 Å². The van der Waals surface area contributed by atoms with Crippen molar-refractivity contribution in [2.24, 2.45) is 0 Å². The number of nitro benzene ring substituents is 1. The number of nitro groups is 1. The molecule has 0 aliphatic heterocycles. The second-order valence-corrected chi connectivity index (χ2v) is 8.43. The van der Waals surface area contributed by atoms with Crippen molar-refractivity contribution >= 4 is 51.0 Å². The van der Waals surface area contributed by atoms with Gasteiger partial charge in [-0.15, -0.1) is 22.7 Å². The Morgan fingerprint density at radius 3 is 2.89 bits per heavy atom. The lowest BCUT2D eigenvalue weighted by Crippen LogP contribution is -2.29. The van der Waals surface area contributed by atoms with E-state index >= 15 is 0 Å². The van der Waals surface area contributed by atoms with Gasteiger partial charge < -0.3 is 5.32 Å². The van der Waals surface area contributed by atoms with Gasteiger partial charge in [-0.3, -0.25) is 19.8 Å². The molecule has 0 aliphatic carbocycles. The standard InChI is InChI=1S/C17H15ClN4O3S2/c1-21(8-13-5-6-15(18)27-13)9-16(23)20-17-19-14(10-26-17)11-3-2-4-12(7-11)22(24)25/h2-7,10H,8-9H2,1H3,(H,19,20,23). The second kappa shape index (κ2) is 8.57. The first kappa shape index (κ1) is 19.4. The predicted octanol–water partition coefficient (Wildman–Crippen LogP) is 4.50. The van der Waals surface area contributed by atoms with Crippen molar-refractivity contribution in [3.05, 3.63) is 61.1 Å². The Balaban J connectivity index is 1.59. The molecule has 0 spiro atoms. The Kier molecular flexibility index (Phi) is 6.17. The Bertz CT molecular complexity index is 973. The van der Waals surface area contributed by atoms with Gasteiger partial charge in [0.2, 0.25) is 5.91 Å². The number of aromatic nitrogens is 1. The zero-order valence-electron chi connectivity index (χ0n) is 14.2. The summed E-state index contributed by atoms with van der Waals surface area (Å²) in [4.78, 5) is 30.0. The summed E-state index contributed by atoms with van der Waals surface area (Å²) in [5, 5.41) is 15.9. The van der Waals surface area contributed by atoms with Crippen LogP contribution in [0.5, 0.6) is 0 Å². The molecular formula is C17H15ClN4O3S2. The summed E-state index contributed by atoms with van der Waals surface area (Å²) in [6.07, 6.45) is 0. The molecule has 2 aromatic heterocycles. The minimum atomic E-state index is -0.449. The van der Waals surface area contributed by atoms with Crippen LogP contribution in [0.15, 0.2) is 41.8 Å².